The maximum atomic E-state index is 13.2. The molecule has 0 atom stereocenters. The van der Waals surface area contributed by atoms with Gasteiger partial charge in [-0.1, -0.05) is 41.1 Å². The molecule has 0 saturated carbocycles. The highest BCUT2D eigenvalue weighted by Crippen LogP contribution is 2.24. The van der Waals surface area contributed by atoms with E-state index in [4.69, 9.17) is 11.6 Å². The average Bonchev–Trinajstić information content (AvgIpc) is 3.16. The molecule has 3 aromatic carbocycles. The number of amides is 1. The molecule has 4 aromatic rings. The Kier molecular flexibility index (Phi) is 6.69. The van der Waals surface area contributed by atoms with E-state index in [0.717, 1.165) is 10.2 Å². The molecular formula is C24H22ClN3O3S2. The highest BCUT2D eigenvalue weighted by atomic mass is 35.5. The van der Waals surface area contributed by atoms with Crippen molar-refractivity contribution in [2.24, 2.45) is 4.99 Å². The van der Waals surface area contributed by atoms with E-state index in [1.807, 2.05) is 35.8 Å². The van der Waals surface area contributed by atoms with E-state index in [9.17, 15) is 13.2 Å². The highest BCUT2D eigenvalue weighted by molar-refractivity contribution is 7.92. The van der Waals surface area contributed by atoms with E-state index in [1.54, 1.807) is 31.2 Å². The van der Waals surface area contributed by atoms with Crippen LogP contribution in [0, 0.1) is 0 Å². The summed E-state index contributed by atoms with van der Waals surface area (Å²) in [6, 6.07) is 20.4. The smallest absolute Gasteiger partial charge is 0.279 e. The third-order valence-electron chi connectivity index (χ3n) is 5.18. The molecule has 1 aromatic heterocycles. The van der Waals surface area contributed by atoms with Crippen molar-refractivity contribution in [2.75, 3.05) is 10.8 Å². The number of sulfonamides is 1. The summed E-state index contributed by atoms with van der Waals surface area (Å²) >= 11 is 7.48. The lowest BCUT2D eigenvalue weighted by atomic mass is 10.2. The predicted octanol–water partition coefficient (Wildman–Crippen LogP) is 5.33. The van der Waals surface area contributed by atoms with Gasteiger partial charge >= 0.3 is 0 Å². The first kappa shape index (κ1) is 23.2. The number of benzene rings is 3. The largest absolute Gasteiger partial charge is 0.317 e. The maximum absolute atomic E-state index is 13.2. The Morgan fingerprint density at radius 2 is 1.73 bits per heavy atom. The molecule has 0 aliphatic carbocycles. The molecule has 170 valence electrons. The third kappa shape index (κ3) is 4.59. The summed E-state index contributed by atoms with van der Waals surface area (Å²) in [7, 11) is -3.76. The van der Waals surface area contributed by atoms with Crippen LogP contribution in [0.3, 0.4) is 0 Å². The van der Waals surface area contributed by atoms with Crippen molar-refractivity contribution in [3.8, 4) is 0 Å². The molecule has 1 heterocycles. The summed E-state index contributed by atoms with van der Waals surface area (Å²) in [4.78, 5) is 17.8. The predicted molar refractivity (Wildman–Crippen MR) is 133 cm³/mol. The molecule has 0 saturated heterocycles. The third-order valence-corrected chi connectivity index (χ3v) is 8.37. The quantitative estimate of drug-likeness (QED) is 0.360. The van der Waals surface area contributed by atoms with E-state index in [2.05, 4.69) is 4.99 Å². The molecule has 9 heteroatoms. The number of hydrogen-bond acceptors (Lipinski definition) is 4. The topological polar surface area (TPSA) is 71.7 Å². The number of para-hydroxylation sites is 1. The number of anilines is 1. The molecule has 4 rings (SSSR count). The van der Waals surface area contributed by atoms with Crippen LogP contribution in [0.15, 0.2) is 82.7 Å². The van der Waals surface area contributed by atoms with Crippen LogP contribution in [0.2, 0.25) is 5.02 Å². The maximum Gasteiger partial charge on any atom is 0.279 e. The minimum atomic E-state index is -3.76. The van der Waals surface area contributed by atoms with Crippen molar-refractivity contribution < 1.29 is 13.2 Å². The minimum Gasteiger partial charge on any atom is -0.317 e. The van der Waals surface area contributed by atoms with Gasteiger partial charge < -0.3 is 4.57 Å². The van der Waals surface area contributed by atoms with Gasteiger partial charge in [0.05, 0.1) is 20.8 Å². The number of carbonyl (C=O) groups excluding carboxylic acids is 1. The summed E-state index contributed by atoms with van der Waals surface area (Å²) in [5, 5.41) is 0.623. The van der Waals surface area contributed by atoms with Gasteiger partial charge in [0.1, 0.15) is 0 Å². The van der Waals surface area contributed by atoms with Crippen LogP contribution in [-0.4, -0.2) is 25.4 Å². The Balaban J connectivity index is 1.66. The van der Waals surface area contributed by atoms with Gasteiger partial charge in [-0.2, -0.15) is 4.99 Å². The van der Waals surface area contributed by atoms with Crippen LogP contribution >= 0.6 is 22.9 Å². The zero-order valence-electron chi connectivity index (χ0n) is 18.1. The Morgan fingerprint density at radius 1 is 1.03 bits per heavy atom. The van der Waals surface area contributed by atoms with Crippen LogP contribution in [0.25, 0.3) is 10.2 Å². The summed E-state index contributed by atoms with van der Waals surface area (Å²) in [6.45, 7) is 4.70. The first-order chi connectivity index (χ1) is 15.8. The number of aromatic nitrogens is 1. The molecule has 0 fully saturated rings. The van der Waals surface area contributed by atoms with E-state index < -0.39 is 15.9 Å². The Hall–Kier alpha value is -2.94. The number of nitrogens with zero attached hydrogens (tertiary/aromatic N) is 3. The zero-order chi connectivity index (χ0) is 23.6. The monoisotopic (exact) mass is 499 g/mol. The van der Waals surface area contributed by atoms with E-state index in [0.29, 0.717) is 27.6 Å². The van der Waals surface area contributed by atoms with Crippen LogP contribution in [0.4, 0.5) is 5.69 Å². The van der Waals surface area contributed by atoms with Crippen LogP contribution in [-0.2, 0) is 16.6 Å². The van der Waals surface area contributed by atoms with Gasteiger partial charge in [-0.05, 0) is 68.4 Å². The molecule has 0 aliphatic heterocycles. The van der Waals surface area contributed by atoms with Gasteiger partial charge in [0.25, 0.3) is 15.9 Å². The van der Waals surface area contributed by atoms with E-state index in [1.165, 1.54) is 39.9 Å². The van der Waals surface area contributed by atoms with Crippen molar-refractivity contribution >= 4 is 54.8 Å². The summed E-state index contributed by atoms with van der Waals surface area (Å²) in [6.07, 6.45) is 0. The molecule has 0 N–H and O–H groups in total. The first-order valence-electron chi connectivity index (χ1n) is 10.4. The minimum absolute atomic E-state index is 0.116. The van der Waals surface area contributed by atoms with Crippen molar-refractivity contribution in [1.82, 2.24) is 4.57 Å². The lowest BCUT2D eigenvalue weighted by Gasteiger charge is -2.22. The van der Waals surface area contributed by atoms with E-state index >= 15 is 0 Å². The number of aryl methyl sites for hydroxylation is 1. The van der Waals surface area contributed by atoms with Gasteiger partial charge in [-0.25, -0.2) is 8.42 Å². The highest BCUT2D eigenvalue weighted by Gasteiger charge is 2.23. The molecule has 0 aliphatic rings. The molecule has 0 bridgehead atoms. The van der Waals surface area contributed by atoms with Crippen LogP contribution < -0.4 is 9.11 Å². The second kappa shape index (κ2) is 9.51. The summed E-state index contributed by atoms with van der Waals surface area (Å²) in [5.41, 5.74) is 1.86. The van der Waals surface area contributed by atoms with Gasteiger partial charge in [0.15, 0.2) is 4.80 Å². The number of thiazole rings is 1. The number of rotatable bonds is 6. The van der Waals surface area contributed by atoms with Crippen molar-refractivity contribution in [1.29, 1.82) is 0 Å². The van der Waals surface area contributed by atoms with Gasteiger partial charge in [-0.3, -0.25) is 9.10 Å². The first-order valence-corrected chi connectivity index (χ1v) is 13.0. The molecule has 6 nitrogen and oxygen atoms in total. The Labute approximate surface area is 201 Å². The van der Waals surface area contributed by atoms with Crippen LogP contribution in [0.1, 0.15) is 24.2 Å². The zero-order valence-corrected chi connectivity index (χ0v) is 20.5. The average molecular weight is 500 g/mol. The van der Waals surface area contributed by atoms with Crippen molar-refractivity contribution in [3.63, 3.8) is 0 Å². The number of fused-ring (bicyclic) bond motifs is 1. The summed E-state index contributed by atoms with van der Waals surface area (Å²) in [5.74, 6) is -0.436. The molecule has 33 heavy (non-hydrogen) atoms. The second-order valence-electron chi connectivity index (χ2n) is 7.19. The lowest BCUT2D eigenvalue weighted by molar-refractivity contribution is 0.0997. The summed E-state index contributed by atoms with van der Waals surface area (Å²) < 4.78 is 30.5. The Morgan fingerprint density at radius 3 is 2.36 bits per heavy atom. The molecule has 0 radical (unpaired) electrons. The fourth-order valence-electron chi connectivity index (χ4n) is 3.57. The van der Waals surface area contributed by atoms with Gasteiger partial charge in [-0.15, -0.1) is 0 Å². The van der Waals surface area contributed by atoms with Gasteiger partial charge in [0, 0.05) is 23.7 Å². The molecular weight excluding hydrogens is 478 g/mol. The number of halogens is 1. The fourth-order valence-corrected chi connectivity index (χ4v) is 6.41. The fraction of sp³-hybridized carbons (Fsp3) is 0.167. The van der Waals surface area contributed by atoms with Crippen molar-refractivity contribution in [3.05, 3.63) is 88.2 Å². The van der Waals surface area contributed by atoms with Crippen molar-refractivity contribution in [2.45, 2.75) is 25.3 Å². The number of carbonyl (C=O) groups is 1. The normalized spacial score (nSPS) is 12.3. The molecule has 1 amide bonds. The van der Waals surface area contributed by atoms with E-state index in [-0.39, 0.29) is 11.4 Å². The van der Waals surface area contributed by atoms with Crippen LogP contribution in [0.5, 0.6) is 0 Å². The molecule has 0 unspecified atom stereocenters. The SMILES string of the molecule is CCN(c1ccccc1)S(=O)(=O)c1ccc(C(=O)N=c2sc3cc(Cl)ccc3n2CC)cc1. The van der Waals surface area contributed by atoms with Gasteiger partial charge in [0.2, 0.25) is 0 Å². The Bertz CT molecular complexity index is 1480. The standard InChI is InChI=1S/C24H22ClN3O3S2/c1-3-27-21-15-12-18(25)16-22(21)32-24(27)26-23(29)17-10-13-20(14-11-17)33(30,31)28(4-2)19-8-6-5-7-9-19/h5-16H,3-4H2,1-2H3. The lowest BCUT2D eigenvalue weighted by Crippen LogP contribution is -2.30. The number of hydrogen-bond donors (Lipinski definition) is 0. The second-order valence-corrected chi connectivity index (χ2v) is 10.5. The molecule has 0 spiro atoms.